The summed E-state index contributed by atoms with van der Waals surface area (Å²) < 4.78 is 0. The molecule has 0 aromatic rings. The number of rotatable bonds is 4. The summed E-state index contributed by atoms with van der Waals surface area (Å²) in [5.41, 5.74) is 3.32. The number of piperidine rings is 1. The van der Waals surface area contributed by atoms with Gasteiger partial charge in [-0.15, -0.1) is 0 Å². The lowest BCUT2D eigenvalue weighted by Gasteiger charge is -2.50. The summed E-state index contributed by atoms with van der Waals surface area (Å²) in [7, 11) is 1.73. The SMILES string of the molecule is CONC1(N2CCN(C(C)C)CC2)CCNCC1. The summed E-state index contributed by atoms with van der Waals surface area (Å²) in [5.74, 6) is 0. The molecule has 0 amide bonds. The minimum atomic E-state index is 0.0447. The van der Waals surface area contributed by atoms with E-state index in [-0.39, 0.29) is 5.66 Å². The fourth-order valence-corrected chi connectivity index (χ4v) is 3.18. The van der Waals surface area contributed by atoms with Gasteiger partial charge in [-0.2, -0.15) is 5.48 Å². The van der Waals surface area contributed by atoms with Gasteiger partial charge in [0.25, 0.3) is 0 Å². The van der Waals surface area contributed by atoms with Crippen LogP contribution in [0.5, 0.6) is 0 Å². The molecule has 0 atom stereocenters. The van der Waals surface area contributed by atoms with Crippen molar-refractivity contribution in [2.75, 3.05) is 46.4 Å². The van der Waals surface area contributed by atoms with Crippen LogP contribution in [-0.4, -0.2) is 67.9 Å². The first kappa shape index (κ1) is 14.2. The molecule has 2 aliphatic rings. The molecule has 2 fully saturated rings. The van der Waals surface area contributed by atoms with E-state index >= 15 is 0 Å². The van der Waals surface area contributed by atoms with E-state index in [4.69, 9.17) is 4.84 Å². The van der Waals surface area contributed by atoms with Crippen LogP contribution in [0.15, 0.2) is 0 Å². The average Bonchev–Trinajstić information content (AvgIpc) is 2.40. The second-order valence-electron chi connectivity index (χ2n) is 5.70. The molecule has 0 radical (unpaired) electrons. The third-order valence-corrected chi connectivity index (χ3v) is 4.37. The Kier molecular flexibility index (Phi) is 4.98. The number of nitrogens with zero attached hydrogens (tertiary/aromatic N) is 2. The maximum Gasteiger partial charge on any atom is 0.0972 e. The number of hydrogen-bond acceptors (Lipinski definition) is 5. The Morgan fingerprint density at radius 2 is 1.72 bits per heavy atom. The molecule has 2 rings (SSSR count). The Hall–Kier alpha value is -0.200. The zero-order valence-corrected chi connectivity index (χ0v) is 12.0. The summed E-state index contributed by atoms with van der Waals surface area (Å²) in [5, 5.41) is 3.43. The van der Waals surface area contributed by atoms with Crippen molar-refractivity contribution in [3.05, 3.63) is 0 Å². The third-order valence-electron chi connectivity index (χ3n) is 4.37. The molecule has 0 bridgehead atoms. The molecule has 2 saturated heterocycles. The minimum Gasteiger partial charge on any atom is -0.316 e. The van der Waals surface area contributed by atoms with E-state index in [2.05, 4.69) is 34.4 Å². The predicted octanol–water partition coefficient (Wildman–Crippen LogP) is 0.243. The van der Waals surface area contributed by atoms with Crippen LogP contribution in [0.2, 0.25) is 0 Å². The predicted molar refractivity (Wildman–Crippen MR) is 73.3 cm³/mol. The fourth-order valence-electron chi connectivity index (χ4n) is 3.18. The van der Waals surface area contributed by atoms with E-state index in [0.717, 1.165) is 52.1 Å². The minimum absolute atomic E-state index is 0.0447. The molecule has 0 aromatic carbocycles. The normalized spacial score (nSPS) is 26.7. The van der Waals surface area contributed by atoms with Gasteiger partial charge < -0.3 is 10.2 Å². The Balaban J connectivity index is 1.96. The lowest BCUT2D eigenvalue weighted by atomic mass is 9.95. The average molecular weight is 256 g/mol. The Morgan fingerprint density at radius 3 is 2.22 bits per heavy atom. The molecular weight excluding hydrogens is 228 g/mol. The largest absolute Gasteiger partial charge is 0.316 e. The first-order valence-electron chi connectivity index (χ1n) is 7.18. The highest BCUT2D eigenvalue weighted by Crippen LogP contribution is 2.25. The fraction of sp³-hybridized carbons (Fsp3) is 1.00. The van der Waals surface area contributed by atoms with Crippen molar-refractivity contribution >= 4 is 0 Å². The van der Waals surface area contributed by atoms with Gasteiger partial charge in [0.05, 0.1) is 12.8 Å². The van der Waals surface area contributed by atoms with E-state index in [0.29, 0.717) is 6.04 Å². The molecule has 18 heavy (non-hydrogen) atoms. The van der Waals surface area contributed by atoms with Gasteiger partial charge in [0.2, 0.25) is 0 Å². The van der Waals surface area contributed by atoms with E-state index in [1.807, 2.05) is 0 Å². The van der Waals surface area contributed by atoms with Gasteiger partial charge in [0.15, 0.2) is 0 Å². The highest BCUT2D eigenvalue weighted by atomic mass is 16.6. The quantitative estimate of drug-likeness (QED) is 0.705. The molecule has 0 aliphatic carbocycles. The van der Waals surface area contributed by atoms with Gasteiger partial charge >= 0.3 is 0 Å². The van der Waals surface area contributed by atoms with Crippen LogP contribution in [0.1, 0.15) is 26.7 Å². The molecule has 0 unspecified atom stereocenters. The maximum absolute atomic E-state index is 5.28. The summed E-state index contributed by atoms with van der Waals surface area (Å²) in [6, 6.07) is 0.659. The molecule has 0 aromatic heterocycles. The van der Waals surface area contributed by atoms with Gasteiger partial charge in [-0.3, -0.25) is 9.80 Å². The van der Waals surface area contributed by atoms with Gasteiger partial charge in [-0.25, -0.2) is 0 Å². The molecule has 0 saturated carbocycles. The summed E-state index contributed by atoms with van der Waals surface area (Å²) in [6.07, 6.45) is 2.23. The highest BCUT2D eigenvalue weighted by Gasteiger charge is 2.39. The van der Waals surface area contributed by atoms with Crippen molar-refractivity contribution in [3.63, 3.8) is 0 Å². The van der Waals surface area contributed by atoms with Crippen LogP contribution in [0.4, 0.5) is 0 Å². The van der Waals surface area contributed by atoms with Crippen LogP contribution in [0.25, 0.3) is 0 Å². The molecule has 5 nitrogen and oxygen atoms in total. The smallest absolute Gasteiger partial charge is 0.0972 e. The van der Waals surface area contributed by atoms with Gasteiger partial charge in [0.1, 0.15) is 0 Å². The van der Waals surface area contributed by atoms with Crippen molar-refractivity contribution < 1.29 is 4.84 Å². The topological polar surface area (TPSA) is 39.8 Å². The highest BCUT2D eigenvalue weighted by molar-refractivity contribution is 4.92. The Labute approximate surface area is 111 Å². The standard InChI is InChI=1S/C13H28N4O/c1-12(2)16-8-10-17(11-9-16)13(15-18-3)4-6-14-7-5-13/h12,14-15H,4-11H2,1-3H3. The molecule has 2 aliphatic heterocycles. The van der Waals surface area contributed by atoms with Crippen molar-refractivity contribution in [2.24, 2.45) is 0 Å². The second-order valence-corrected chi connectivity index (χ2v) is 5.70. The monoisotopic (exact) mass is 256 g/mol. The van der Waals surface area contributed by atoms with Crippen LogP contribution in [0, 0.1) is 0 Å². The van der Waals surface area contributed by atoms with E-state index in [9.17, 15) is 0 Å². The molecule has 106 valence electrons. The zero-order valence-electron chi connectivity index (χ0n) is 12.0. The van der Waals surface area contributed by atoms with Gasteiger partial charge in [-0.1, -0.05) is 0 Å². The van der Waals surface area contributed by atoms with Crippen molar-refractivity contribution in [1.29, 1.82) is 0 Å². The van der Waals surface area contributed by atoms with Crippen LogP contribution < -0.4 is 10.8 Å². The van der Waals surface area contributed by atoms with E-state index < -0.39 is 0 Å². The number of hydrogen-bond donors (Lipinski definition) is 2. The van der Waals surface area contributed by atoms with Crippen LogP contribution >= 0.6 is 0 Å². The van der Waals surface area contributed by atoms with Gasteiger partial charge in [0, 0.05) is 32.2 Å². The molecule has 5 heteroatoms. The summed E-state index contributed by atoms with van der Waals surface area (Å²) in [6.45, 7) is 11.3. The van der Waals surface area contributed by atoms with Crippen molar-refractivity contribution in [2.45, 2.75) is 38.4 Å². The Bertz CT molecular complexity index is 240. The van der Waals surface area contributed by atoms with Crippen molar-refractivity contribution in [1.82, 2.24) is 20.6 Å². The lowest BCUT2D eigenvalue weighted by molar-refractivity contribution is -0.105. The zero-order chi connectivity index (χ0) is 13.0. The molecular formula is C13H28N4O. The van der Waals surface area contributed by atoms with E-state index in [1.54, 1.807) is 7.11 Å². The van der Waals surface area contributed by atoms with Gasteiger partial charge in [-0.05, 0) is 39.8 Å². The molecule has 2 N–H and O–H groups in total. The summed E-state index contributed by atoms with van der Waals surface area (Å²) in [4.78, 5) is 10.4. The van der Waals surface area contributed by atoms with E-state index in [1.165, 1.54) is 0 Å². The van der Waals surface area contributed by atoms with Crippen molar-refractivity contribution in [3.8, 4) is 0 Å². The van der Waals surface area contributed by atoms with Crippen LogP contribution in [0.3, 0.4) is 0 Å². The molecule has 2 heterocycles. The summed E-state index contributed by atoms with van der Waals surface area (Å²) >= 11 is 0. The number of nitrogens with one attached hydrogen (secondary N) is 2. The third kappa shape index (κ3) is 3.03. The first-order valence-corrected chi connectivity index (χ1v) is 7.18. The Morgan fingerprint density at radius 1 is 1.11 bits per heavy atom. The maximum atomic E-state index is 5.28. The first-order chi connectivity index (χ1) is 8.68. The number of piperazine rings is 1. The van der Waals surface area contributed by atoms with Crippen LogP contribution in [-0.2, 0) is 4.84 Å². The number of hydroxylamine groups is 1. The molecule has 0 spiro atoms. The second kappa shape index (κ2) is 6.30. The lowest BCUT2D eigenvalue weighted by Crippen LogP contribution is -2.66.